The topological polar surface area (TPSA) is 51.6 Å². The summed E-state index contributed by atoms with van der Waals surface area (Å²) in [5.41, 5.74) is 14.9. The molecule has 0 saturated heterocycles. The van der Waals surface area contributed by atoms with Gasteiger partial charge < -0.3 is 0 Å². The average Bonchev–Trinajstić information content (AvgIpc) is 3.37. The summed E-state index contributed by atoms with van der Waals surface area (Å²) in [7, 11) is 0. The van der Waals surface area contributed by atoms with Gasteiger partial charge >= 0.3 is 0 Å². The number of pyridine rings is 1. The molecule has 0 saturated carbocycles. The average molecular weight is 791 g/mol. The van der Waals surface area contributed by atoms with Gasteiger partial charge in [0.15, 0.2) is 17.5 Å². The van der Waals surface area contributed by atoms with Crippen LogP contribution < -0.4 is 0 Å². The molecule has 0 radical (unpaired) electrons. The molecule has 0 amide bonds. The van der Waals surface area contributed by atoms with E-state index >= 15 is 0 Å². The number of rotatable bonds is 8. The van der Waals surface area contributed by atoms with Crippen molar-refractivity contribution in [2.24, 2.45) is 0 Å². The second-order valence-electron chi connectivity index (χ2n) is 15.4. The van der Waals surface area contributed by atoms with Crippen LogP contribution in [0.5, 0.6) is 0 Å². The Hall–Kier alpha value is -8.34. The molecule has 11 aromatic rings. The van der Waals surface area contributed by atoms with Gasteiger partial charge in [0.1, 0.15) is 0 Å². The number of aromatic nitrogens is 4. The Kier molecular flexibility index (Phi) is 9.49. The molecule has 62 heavy (non-hydrogen) atoms. The van der Waals surface area contributed by atoms with Gasteiger partial charge in [-0.1, -0.05) is 212 Å². The van der Waals surface area contributed by atoms with E-state index in [1.54, 1.807) is 0 Å². The SMILES string of the molecule is c1ccc(-c2ccc(-c3nc(-c4ccc(-c5ccccc5)cc4)nc(-c4cccc(-c5cccc(-c6cccc7c(-c8ccccc8)nc8ccccc8c67)c5)c4)n3)cc2)cc1. The predicted octanol–water partition coefficient (Wildman–Crippen LogP) is 14.9. The zero-order valence-corrected chi connectivity index (χ0v) is 33.7. The van der Waals surface area contributed by atoms with Crippen molar-refractivity contribution in [3.63, 3.8) is 0 Å². The van der Waals surface area contributed by atoms with E-state index in [0.29, 0.717) is 17.5 Å². The molecule has 9 aromatic carbocycles. The molecule has 0 fully saturated rings. The molecule has 0 spiro atoms. The molecule has 0 atom stereocenters. The number of fused-ring (bicyclic) bond motifs is 3. The van der Waals surface area contributed by atoms with Crippen LogP contribution in [0.25, 0.3) is 112 Å². The Morgan fingerprint density at radius 3 is 1.19 bits per heavy atom. The van der Waals surface area contributed by atoms with Crippen molar-refractivity contribution >= 4 is 21.7 Å². The number of hydrogen-bond acceptors (Lipinski definition) is 4. The smallest absolute Gasteiger partial charge is 0.164 e. The molecule has 11 rings (SSSR count). The lowest BCUT2D eigenvalue weighted by Gasteiger charge is -2.15. The van der Waals surface area contributed by atoms with Crippen LogP contribution in [0.3, 0.4) is 0 Å². The molecule has 0 unspecified atom stereocenters. The Labute approximate surface area is 360 Å². The van der Waals surface area contributed by atoms with Gasteiger partial charge in [-0.2, -0.15) is 0 Å². The van der Waals surface area contributed by atoms with E-state index in [1.807, 2.05) is 18.2 Å². The molecule has 0 aliphatic rings. The highest BCUT2D eigenvalue weighted by Gasteiger charge is 2.17. The molecule has 0 N–H and O–H groups in total. The van der Waals surface area contributed by atoms with Crippen molar-refractivity contribution in [2.75, 3.05) is 0 Å². The molecular formula is C58H38N4. The minimum absolute atomic E-state index is 0.615. The van der Waals surface area contributed by atoms with Crippen LogP contribution in [0.1, 0.15) is 0 Å². The van der Waals surface area contributed by atoms with Gasteiger partial charge in [-0.05, 0) is 62.7 Å². The van der Waals surface area contributed by atoms with Gasteiger partial charge in [0.2, 0.25) is 0 Å². The fourth-order valence-corrected chi connectivity index (χ4v) is 8.41. The van der Waals surface area contributed by atoms with Crippen LogP contribution in [0.15, 0.2) is 231 Å². The summed E-state index contributed by atoms with van der Waals surface area (Å²) in [6.45, 7) is 0. The first-order valence-electron chi connectivity index (χ1n) is 20.9. The zero-order chi connectivity index (χ0) is 41.2. The van der Waals surface area contributed by atoms with Crippen molar-refractivity contribution in [3.8, 4) is 89.9 Å². The van der Waals surface area contributed by atoms with Crippen LogP contribution in [0.2, 0.25) is 0 Å². The third kappa shape index (κ3) is 7.10. The van der Waals surface area contributed by atoms with E-state index in [1.165, 1.54) is 22.1 Å². The zero-order valence-electron chi connectivity index (χ0n) is 33.7. The number of hydrogen-bond donors (Lipinski definition) is 0. The van der Waals surface area contributed by atoms with Crippen molar-refractivity contribution in [1.29, 1.82) is 0 Å². The van der Waals surface area contributed by atoms with Gasteiger partial charge in [0, 0.05) is 38.4 Å². The van der Waals surface area contributed by atoms with Crippen molar-refractivity contribution in [1.82, 2.24) is 19.9 Å². The van der Waals surface area contributed by atoms with Crippen molar-refractivity contribution in [2.45, 2.75) is 0 Å². The maximum absolute atomic E-state index is 5.18. The lowest BCUT2D eigenvalue weighted by Crippen LogP contribution is -2.00. The van der Waals surface area contributed by atoms with Gasteiger partial charge in [-0.3, -0.25) is 0 Å². The van der Waals surface area contributed by atoms with Crippen LogP contribution >= 0.6 is 0 Å². The summed E-state index contributed by atoms with van der Waals surface area (Å²) in [5.74, 6) is 1.86. The Balaban J connectivity index is 1.00. The van der Waals surface area contributed by atoms with E-state index in [-0.39, 0.29) is 0 Å². The third-order valence-corrected chi connectivity index (χ3v) is 11.5. The van der Waals surface area contributed by atoms with E-state index < -0.39 is 0 Å². The lowest BCUT2D eigenvalue weighted by atomic mass is 9.91. The molecular weight excluding hydrogens is 753 g/mol. The molecule has 2 heterocycles. The molecule has 2 aromatic heterocycles. The summed E-state index contributed by atoms with van der Waals surface area (Å²) in [5, 5.41) is 3.46. The fourth-order valence-electron chi connectivity index (χ4n) is 8.41. The summed E-state index contributed by atoms with van der Waals surface area (Å²) < 4.78 is 0. The molecule has 0 bridgehead atoms. The van der Waals surface area contributed by atoms with Crippen molar-refractivity contribution in [3.05, 3.63) is 231 Å². The molecule has 290 valence electrons. The maximum atomic E-state index is 5.18. The van der Waals surface area contributed by atoms with Crippen LogP contribution in [0.4, 0.5) is 0 Å². The predicted molar refractivity (Wildman–Crippen MR) is 256 cm³/mol. The number of para-hydroxylation sites is 1. The normalized spacial score (nSPS) is 11.2. The molecule has 0 aliphatic heterocycles. The third-order valence-electron chi connectivity index (χ3n) is 11.5. The first-order chi connectivity index (χ1) is 30.7. The van der Waals surface area contributed by atoms with E-state index in [4.69, 9.17) is 19.9 Å². The van der Waals surface area contributed by atoms with Gasteiger partial charge in [-0.25, -0.2) is 19.9 Å². The van der Waals surface area contributed by atoms with E-state index in [0.717, 1.165) is 72.1 Å². The minimum atomic E-state index is 0.615. The van der Waals surface area contributed by atoms with Crippen LogP contribution in [-0.2, 0) is 0 Å². The van der Waals surface area contributed by atoms with Gasteiger partial charge in [-0.15, -0.1) is 0 Å². The summed E-state index contributed by atoms with van der Waals surface area (Å²) in [6.07, 6.45) is 0. The minimum Gasteiger partial charge on any atom is -0.247 e. The highest BCUT2D eigenvalue weighted by Crippen LogP contribution is 2.40. The highest BCUT2D eigenvalue weighted by molar-refractivity contribution is 6.17. The number of benzene rings is 9. The van der Waals surface area contributed by atoms with E-state index in [9.17, 15) is 0 Å². The van der Waals surface area contributed by atoms with Crippen molar-refractivity contribution < 1.29 is 0 Å². The van der Waals surface area contributed by atoms with Crippen LogP contribution in [-0.4, -0.2) is 19.9 Å². The Morgan fingerprint density at radius 1 is 0.226 bits per heavy atom. The fraction of sp³-hybridized carbons (Fsp3) is 0. The van der Waals surface area contributed by atoms with E-state index in [2.05, 4.69) is 212 Å². The quantitative estimate of drug-likeness (QED) is 0.144. The summed E-state index contributed by atoms with van der Waals surface area (Å²) >= 11 is 0. The second-order valence-corrected chi connectivity index (χ2v) is 15.4. The molecule has 0 aliphatic carbocycles. The highest BCUT2D eigenvalue weighted by atomic mass is 15.0. The lowest BCUT2D eigenvalue weighted by molar-refractivity contribution is 1.07. The van der Waals surface area contributed by atoms with Gasteiger partial charge in [0.05, 0.1) is 11.2 Å². The molecule has 4 heteroatoms. The van der Waals surface area contributed by atoms with Gasteiger partial charge in [0.25, 0.3) is 0 Å². The molecule has 4 nitrogen and oxygen atoms in total. The monoisotopic (exact) mass is 790 g/mol. The maximum Gasteiger partial charge on any atom is 0.164 e. The number of nitrogens with zero attached hydrogens (tertiary/aromatic N) is 4. The summed E-state index contributed by atoms with van der Waals surface area (Å²) in [6, 6.07) is 80.6. The second kappa shape index (κ2) is 16.0. The Bertz CT molecular complexity index is 3260. The first kappa shape index (κ1) is 36.7. The standard InChI is InChI=1S/C58H38N4/c1-4-15-39(16-5-1)41-29-33-44(34-30-41)56-60-57(45-35-31-42(32-36-45)40-17-6-2-7-18-40)62-58(61-56)49-24-13-22-47(38-49)46-21-12-23-48(37-46)50-26-14-27-52-54(50)51-25-10-11-28-53(51)59-55(52)43-19-8-3-9-20-43/h1-38H. The Morgan fingerprint density at radius 2 is 0.613 bits per heavy atom. The summed E-state index contributed by atoms with van der Waals surface area (Å²) in [4.78, 5) is 20.5. The van der Waals surface area contributed by atoms with Crippen LogP contribution in [0, 0.1) is 0 Å². The largest absolute Gasteiger partial charge is 0.247 e. The first-order valence-corrected chi connectivity index (χ1v) is 20.9.